The summed E-state index contributed by atoms with van der Waals surface area (Å²) in [5.41, 5.74) is 14.3. The molecule has 16 nitrogen and oxygen atoms in total. The Morgan fingerprint density at radius 2 is 1.44 bits per heavy atom. The number of nitro groups is 2. The molecule has 1 amide bonds. The van der Waals surface area contributed by atoms with E-state index >= 15 is 0 Å². The topological polar surface area (TPSA) is 260 Å². The van der Waals surface area contributed by atoms with Gasteiger partial charge in [0.15, 0.2) is 11.3 Å². The fraction of sp³-hybridized carbons (Fsp3) is 0.176. The number of hydrogen-bond donors (Lipinski definition) is 5. The molecule has 0 aliphatic rings. The number of nitrogens with zero attached hydrogens (tertiary/aromatic N) is 3. The van der Waals surface area contributed by atoms with Crippen molar-refractivity contribution < 1.29 is 34.1 Å². The lowest BCUT2D eigenvalue weighted by atomic mass is 10.00. The molecule has 0 atom stereocenters. The van der Waals surface area contributed by atoms with Gasteiger partial charge in [0.25, 0.3) is 17.3 Å². The van der Waals surface area contributed by atoms with Crippen LogP contribution in [0, 0.1) is 20.2 Å². The van der Waals surface area contributed by atoms with E-state index in [-0.39, 0.29) is 34.8 Å². The molecule has 0 aliphatic carbocycles. The number of hydrogen-bond acceptors (Lipinski definition) is 11. The molecule has 0 aliphatic heterocycles. The van der Waals surface area contributed by atoms with Gasteiger partial charge in [0, 0.05) is 53.7 Å². The predicted molar refractivity (Wildman–Crippen MR) is 188 cm³/mol. The summed E-state index contributed by atoms with van der Waals surface area (Å²) in [6, 6.07) is 22.5. The Hall–Kier alpha value is -6.84. The number of carbonyl (C=O) groups excluding carboxylic acids is 2. The summed E-state index contributed by atoms with van der Waals surface area (Å²) >= 11 is 0. The number of non-ortho nitro benzene ring substituents is 1. The predicted octanol–water partition coefficient (Wildman–Crippen LogP) is 6.76. The smallest absolute Gasteiger partial charge is 0.412 e. The van der Waals surface area contributed by atoms with Crippen LogP contribution in [0.3, 0.4) is 0 Å². The Morgan fingerprint density at radius 1 is 0.880 bits per heavy atom. The van der Waals surface area contributed by atoms with E-state index in [4.69, 9.17) is 26.1 Å². The standard InChI is InChI=1S/C19H21N3O5.C13H10N4O2.C2H4O2/c1-19(2,3)27-18(24)21-13-9-7-12(8-10-13)17(23)11-14-15(20)5-4-6-16(14)22(25)26;14-9-6-4-8(5-7-9)13-15-10-2-1-3-11(17(18)19)12(10)16-13;1-2(3)4/h4-10H,11,20H2,1-3H3,(H,21,24);1-7H,14H2,(H,15,16);1H3,(H,3,4). The third-order valence-electron chi connectivity index (χ3n) is 6.45. The van der Waals surface area contributed by atoms with E-state index in [9.17, 15) is 29.8 Å². The van der Waals surface area contributed by atoms with Gasteiger partial charge in [-0.25, -0.2) is 9.78 Å². The SMILES string of the molecule is CC(=O)O.CC(C)(C)OC(=O)Nc1ccc(C(=O)Cc2c(N)cccc2[N+](=O)[O-])cc1.Nc1ccc(-c2nc3c([N+](=O)[O-])cccc3[nH]2)cc1. The Morgan fingerprint density at radius 3 is 2.00 bits per heavy atom. The Kier molecular flexibility index (Phi) is 12.3. The largest absolute Gasteiger partial charge is 0.481 e. The summed E-state index contributed by atoms with van der Waals surface area (Å²) in [6.45, 7) is 6.34. The molecule has 50 heavy (non-hydrogen) atoms. The maximum Gasteiger partial charge on any atom is 0.412 e. The third-order valence-corrected chi connectivity index (χ3v) is 6.45. The number of nitrogen functional groups attached to an aromatic ring is 2. The molecular formula is C34H35N7O9. The molecule has 0 saturated heterocycles. The van der Waals surface area contributed by atoms with Crippen LogP contribution in [-0.2, 0) is 16.0 Å². The Bertz CT molecular complexity index is 2010. The number of aliphatic carboxylic acids is 1. The quantitative estimate of drug-likeness (QED) is 0.0515. The van der Waals surface area contributed by atoms with Crippen molar-refractivity contribution in [3.05, 3.63) is 116 Å². The van der Waals surface area contributed by atoms with E-state index in [2.05, 4.69) is 15.3 Å². The van der Waals surface area contributed by atoms with Crippen molar-refractivity contribution in [1.29, 1.82) is 0 Å². The highest BCUT2D eigenvalue weighted by Crippen LogP contribution is 2.28. The number of anilines is 3. The zero-order chi connectivity index (χ0) is 37.2. The number of nitrogens with one attached hydrogen (secondary N) is 2. The minimum absolute atomic E-state index is 0.00422. The molecule has 5 aromatic rings. The molecule has 0 fully saturated rings. The number of aromatic amines is 1. The molecule has 4 aromatic carbocycles. The molecule has 0 bridgehead atoms. The maximum absolute atomic E-state index is 12.5. The molecule has 5 rings (SSSR count). The zero-order valence-electron chi connectivity index (χ0n) is 27.5. The number of amides is 1. The second kappa shape index (κ2) is 16.3. The van der Waals surface area contributed by atoms with Crippen LogP contribution in [0.1, 0.15) is 43.6 Å². The number of fused-ring (bicyclic) bond motifs is 1. The summed E-state index contributed by atoms with van der Waals surface area (Å²) in [6.07, 6.45) is -0.795. The van der Waals surface area contributed by atoms with Crippen LogP contribution in [0.15, 0.2) is 84.9 Å². The fourth-order valence-corrected chi connectivity index (χ4v) is 4.32. The zero-order valence-corrected chi connectivity index (χ0v) is 27.5. The van der Waals surface area contributed by atoms with Gasteiger partial charge in [-0.2, -0.15) is 0 Å². The lowest BCUT2D eigenvalue weighted by Gasteiger charge is -2.19. The molecule has 0 radical (unpaired) electrons. The van der Waals surface area contributed by atoms with Crippen LogP contribution in [0.4, 0.5) is 33.2 Å². The number of H-pyrrole nitrogens is 1. The van der Waals surface area contributed by atoms with E-state index in [0.29, 0.717) is 33.8 Å². The number of nitrogens with two attached hydrogens (primary N) is 2. The number of carboxylic acids is 1. The first kappa shape index (κ1) is 37.6. The second-order valence-corrected chi connectivity index (χ2v) is 11.6. The Labute approximate surface area is 285 Å². The van der Waals surface area contributed by atoms with Crippen LogP contribution >= 0.6 is 0 Å². The number of ketones is 1. The number of carbonyl (C=O) groups is 3. The molecule has 7 N–H and O–H groups in total. The highest BCUT2D eigenvalue weighted by Gasteiger charge is 2.21. The number of rotatable bonds is 7. The van der Waals surface area contributed by atoms with Crippen LogP contribution < -0.4 is 16.8 Å². The average Bonchev–Trinajstić information content (AvgIpc) is 3.46. The summed E-state index contributed by atoms with van der Waals surface area (Å²) in [5, 5.41) is 32.0. The summed E-state index contributed by atoms with van der Waals surface area (Å²) < 4.78 is 5.15. The monoisotopic (exact) mass is 685 g/mol. The van der Waals surface area contributed by atoms with Gasteiger partial charge >= 0.3 is 6.09 Å². The van der Waals surface area contributed by atoms with Gasteiger partial charge in [0.1, 0.15) is 11.4 Å². The third kappa shape index (κ3) is 10.9. The molecule has 0 saturated carbocycles. The number of benzene rings is 4. The van der Waals surface area contributed by atoms with Gasteiger partial charge in [0.2, 0.25) is 0 Å². The van der Waals surface area contributed by atoms with Crippen molar-refractivity contribution in [2.75, 3.05) is 16.8 Å². The first-order valence-corrected chi connectivity index (χ1v) is 14.8. The maximum atomic E-state index is 12.5. The minimum atomic E-state index is -0.833. The highest BCUT2D eigenvalue weighted by molar-refractivity contribution is 5.99. The number of imidazole rings is 1. The van der Waals surface area contributed by atoms with E-state index in [1.165, 1.54) is 36.4 Å². The van der Waals surface area contributed by atoms with Crippen molar-refractivity contribution in [2.24, 2.45) is 0 Å². The van der Waals surface area contributed by atoms with Gasteiger partial charge in [-0.15, -0.1) is 0 Å². The lowest BCUT2D eigenvalue weighted by Crippen LogP contribution is -2.27. The average molecular weight is 686 g/mol. The number of aromatic nitrogens is 2. The first-order valence-electron chi connectivity index (χ1n) is 14.8. The van der Waals surface area contributed by atoms with Gasteiger partial charge in [0.05, 0.1) is 20.9 Å². The van der Waals surface area contributed by atoms with Crippen LogP contribution in [0.2, 0.25) is 0 Å². The van der Waals surface area contributed by atoms with Gasteiger partial charge in [-0.3, -0.25) is 35.1 Å². The number of carboxylic acid groups (broad SMARTS) is 1. The van der Waals surface area contributed by atoms with E-state index < -0.39 is 27.5 Å². The van der Waals surface area contributed by atoms with Gasteiger partial charge < -0.3 is 26.3 Å². The van der Waals surface area contributed by atoms with E-state index in [0.717, 1.165) is 12.5 Å². The molecular weight excluding hydrogens is 650 g/mol. The summed E-state index contributed by atoms with van der Waals surface area (Å²) in [7, 11) is 0. The van der Waals surface area contributed by atoms with Crippen molar-refractivity contribution in [3.8, 4) is 11.4 Å². The molecule has 1 aromatic heterocycles. The van der Waals surface area contributed by atoms with E-state index in [1.54, 1.807) is 57.2 Å². The number of ether oxygens (including phenoxy) is 1. The number of para-hydroxylation sites is 1. The van der Waals surface area contributed by atoms with Crippen molar-refractivity contribution in [2.45, 2.75) is 39.7 Å². The highest BCUT2D eigenvalue weighted by atomic mass is 16.6. The van der Waals surface area contributed by atoms with E-state index in [1.807, 2.05) is 12.1 Å². The molecule has 260 valence electrons. The fourth-order valence-electron chi connectivity index (χ4n) is 4.32. The van der Waals surface area contributed by atoms with Gasteiger partial charge in [-0.05, 0) is 81.4 Å². The van der Waals surface area contributed by atoms with Crippen LogP contribution in [-0.4, -0.2) is 48.4 Å². The van der Waals surface area contributed by atoms with Gasteiger partial charge in [-0.1, -0.05) is 12.1 Å². The Balaban J connectivity index is 0.000000255. The van der Waals surface area contributed by atoms with Crippen molar-refractivity contribution >= 4 is 57.3 Å². The number of Topliss-reactive ketones (excluding diaryl/α,β-unsaturated/α-hetero) is 1. The molecule has 0 unspecified atom stereocenters. The molecule has 16 heteroatoms. The second-order valence-electron chi connectivity index (χ2n) is 11.6. The van der Waals surface area contributed by atoms with Crippen molar-refractivity contribution in [3.63, 3.8) is 0 Å². The summed E-state index contributed by atoms with van der Waals surface area (Å²) in [5.74, 6) is -0.566. The normalized spacial score (nSPS) is 10.5. The lowest BCUT2D eigenvalue weighted by molar-refractivity contribution is -0.385. The van der Waals surface area contributed by atoms with Crippen LogP contribution in [0.25, 0.3) is 22.4 Å². The first-order chi connectivity index (χ1) is 23.4. The minimum Gasteiger partial charge on any atom is -0.481 e. The van der Waals surface area contributed by atoms with Crippen LogP contribution in [0.5, 0.6) is 0 Å². The number of nitro benzene ring substituents is 2. The molecule has 0 spiro atoms. The van der Waals surface area contributed by atoms with Crippen molar-refractivity contribution in [1.82, 2.24) is 9.97 Å². The molecule has 1 heterocycles. The summed E-state index contributed by atoms with van der Waals surface area (Å²) in [4.78, 5) is 61.7.